The van der Waals surface area contributed by atoms with Crippen LogP contribution in [0.1, 0.15) is 19.3 Å². The van der Waals surface area contributed by atoms with E-state index >= 15 is 0 Å². The van der Waals surface area contributed by atoms with Crippen LogP contribution in [0.2, 0.25) is 0 Å². The van der Waals surface area contributed by atoms with Crippen LogP contribution in [0.5, 0.6) is 0 Å². The zero-order valence-corrected chi connectivity index (χ0v) is 25.5. The molecule has 46 heavy (non-hydrogen) atoms. The van der Waals surface area contributed by atoms with Crippen molar-refractivity contribution in [1.82, 2.24) is 0 Å². The van der Waals surface area contributed by atoms with E-state index in [1.807, 2.05) is 0 Å². The molecule has 0 aromatic heterocycles. The molecule has 4 fully saturated rings. The molecule has 1 aliphatic carbocycles. The number of rotatable bonds is 13. The van der Waals surface area contributed by atoms with E-state index in [1.165, 1.54) is 0 Å². The van der Waals surface area contributed by atoms with E-state index in [0.29, 0.717) is 12.8 Å². The second kappa shape index (κ2) is 16.8. The van der Waals surface area contributed by atoms with Gasteiger partial charge in [0.15, 0.2) is 18.9 Å². The summed E-state index contributed by atoms with van der Waals surface area (Å²) in [5, 5.41) is 82.7. The Balaban J connectivity index is 1.49. The normalized spacial score (nSPS) is 50.2. The Morgan fingerprint density at radius 2 is 1.15 bits per heavy atom. The molecule has 19 nitrogen and oxygen atoms in total. The maximum atomic E-state index is 11.3. The Bertz CT molecular complexity index is 932. The second-order valence-corrected chi connectivity index (χ2v) is 12.6. The Morgan fingerprint density at radius 1 is 0.565 bits per heavy atom. The lowest BCUT2D eigenvalue weighted by molar-refractivity contribution is -0.306. The van der Waals surface area contributed by atoms with Crippen molar-refractivity contribution in [3.63, 3.8) is 0 Å². The lowest BCUT2D eigenvalue weighted by Gasteiger charge is -2.48. The van der Waals surface area contributed by atoms with E-state index < -0.39 is 136 Å². The first-order chi connectivity index (χ1) is 21.9. The molecule has 0 aromatic rings. The van der Waals surface area contributed by atoms with Crippen molar-refractivity contribution in [3.05, 3.63) is 0 Å². The van der Waals surface area contributed by atoms with Gasteiger partial charge in [0.25, 0.3) is 0 Å². The average molecular weight is 672 g/mol. The predicted molar refractivity (Wildman–Crippen MR) is 155 cm³/mol. The number of aliphatic hydroxyl groups excluding tert-OH is 8. The molecule has 3 saturated heterocycles. The standard InChI is InChI=1S/C27H53N5O14/c28-5-13-18(37)10(6-34)16(31)25(41-13)45-23-15(8-36)43-27(21(23)40)46-24-20(39)11(29)4-12(30)22(24)44-26-17(32)19(38)9(2-1-3-33)14(7-35)42-26/h9-27,33-40H,1-8,28-32H2/t9-,10?,11-,12?,13?,14?,15-,16?,17?,18+,19?,20?,21+,22-,23+,24?,25-,26-,27+/m1/s1. The molecule has 0 bridgehead atoms. The van der Waals surface area contributed by atoms with Crippen LogP contribution in [0.25, 0.3) is 0 Å². The summed E-state index contributed by atoms with van der Waals surface area (Å²) in [6.45, 7) is -1.82. The third-order valence-electron chi connectivity index (χ3n) is 9.60. The summed E-state index contributed by atoms with van der Waals surface area (Å²) in [6, 6.07) is -3.86. The molecule has 0 amide bonds. The van der Waals surface area contributed by atoms with E-state index in [2.05, 4.69) is 0 Å². The van der Waals surface area contributed by atoms with Crippen molar-refractivity contribution in [2.24, 2.45) is 40.5 Å². The SMILES string of the molecule is NCC1O[C@H](O[C@@H]2[C@H](O)[C@H](OC3C(O)[C@H](N)CC(N)[C@H]3O[C@H]3OC(CO)[C@@H](CCCO)C(O)C3N)O[C@@H]2CO)C(N)C(CO)[C@@H]1O. The summed E-state index contributed by atoms with van der Waals surface area (Å²) < 4.78 is 35.4. The molecule has 3 heterocycles. The number of hydrogen-bond donors (Lipinski definition) is 13. The third kappa shape index (κ3) is 7.83. The van der Waals surface area contributed by atoms with Crippen LogP contribution in [0.4, 0.5) is 0 Å². The second-order valence-electron chi connectivity index (χ2n) is 12.6. The van der Waals surface area contributed by atoms with Gasteiger partial charge in [-0.2, -0.15) is 0 Å². The molecule has 9 unspecified atom stereocenters. The first-order valence-electron chi connectivity index (χ1n) is 15.7. The molecule has 4 rings (SSSR count). The molecule has 3 aliphatic heterocycles. The van der Waals surface area contributed by atoms with E-state index in [4.69, 9.17) is 57.1 Å². The summed E-state index contributed by atoms with van der Waals surface area (Å²) in [5.41, 5.74) is 30.7. The van der Waals surface area contributed by atoms with Gasteiger partial charge in [0.1, 0.15) is 30.5 Å². The largest absolute Gasteiger partial charge is 0.396 e. The van der Waals surface area contributed by atoms with Crippen molar-refractivity contribution in [3.8, 4) is 0 Å². The summed E-state index contributed by atoms with van der Waals surface area (Å²) in [6.07, 6.45) is -15.4. The molecule has 1 saturated carbocycles. The maximum Gasteiger partial charge on any atom is 0.187 e. The van der Waals surface area contributed by atoms with Crippen molar-refractivity contribution in [2.45, 2.75) is 123 Å². The van der Waals surface area contributed by atoms with Crippen molar-refractivity contribution < 1.29 is 69.3 Å². The zero-order chi connectivity index (χ0) is 33.9. The minimum Gasteiger partial charge on any atom is -0.396 e. The summed E-state index contributed by atoms with van der Waals surface area (Å²) >= 11 is 0. The summed E-state index contributed by atoms with van der Waals surface area (Å²) in [5.74, 6) is -1.43. The van der Waals surface area contributed by atoms with Crippen LogP contribution in [0.15, 0.2) is 0 Å². The molecule has 4 aliphatic rings. The van der Waals surface area contributed by atoms with Gasteiger partial charge < -0.3 is 97.9 Å². The van der Waals surface area contributed by atoms with Gasteiger partial charge in [-0.3, -0.25) is 0 Å². The maximum absolute atomic E-state index is 11.3. The Labute approximate surface area is 266 Å². The number of aliphatic hydroxyl groups is 8. The zero-order valence-electron chi connectivity index (χ0n) is 25.5. The van der Waals surface area contributed by atoms with Gasteiger partial charge in [0.2, 0.25) is 0 Å². The fraction of sp³-hybridized carbons (Fsp3) is 1.00. The van der Waals surface area contributed by atoms with Gasteiger partial charge in [-0.25, -0.2) is 0 Å². The smallest absolute Gasteiger partial charge is 0.187 e. The van der Waals surface area contributed by atoms with Crippen LogP contribution < -0.4 is 28.7 Å². The number of ether oxygens (including phenoxy) is 6. The Hall–Kier alpha value is -0.760. The molecule has 0 aromatic carbocycles. The van der Waals surface area contributed by atoms with E-state index in [0.717, 1.165) is 0 Å². The van der Waals surface area contributed by atoms with E-state index in [1.54, 1.807) is 0 Å². The highest BCUT2D eigenvalue weighted by atomic mass is 16.8. The topological polar surface area (TPSA) is 347 Å². The lowest BCUT2D eigenvalue weighted by Crippen LogP contribution is -2.67. The fourth-order valence-corrected chi connectivity index (χ4v) is 6.81. The highest BCUT2D eigenvalue weighted by molar-refractivity contribution is 5.02. The van der Waals surface area contributed by atoms with E-state index in [9.17, 15) is 40.9 Å². The summed E-state index contributed by atoms with van der Waals surface area (Å²) in [7, 11) is 0. The Morgan fingerprint density at radius 3 is 1.76 bits per heavy atom. The highest BCUT2D eigenvalue weighted by Crippen LogP contribution is 2.36. The fourth-order valence-electron chi connectivity index (χ4n) is 6.81. The Kier molecular flexibility index (Phi) is 13.9. The average Bonchev–Trinajstić information content (AvgIpc) is 3.33. The minimum atomic E-state index is -1.59. The molecule has 0 spiro atoms. The molecule has 19 atom stereocenters. The highest BCUT2D eigenvalue weighted by Gasteiger charge is 2.54. The van der Waals surface area contributed by atoms with Gasteiger partial charge >= 0.3 is 0 Å². The molecular formula is C27H53N5O14. The lowest BCUT2D eigenvalue weighted by atomic mass is 9.83. The van der Waals surface area contributed by atoms with Gasteiger partial charge in [-0.05, 0) is 19.3 Å². The van der Waals surface area contributed by atoms with Gasteiger partial charge in [0, 0.05) is 37.1 Å². The van der Waals surface area contributed by atoms with Gasteiger partial charge in [-0.15, -0.1) is 0 Å². The predicted octanol–water partition coefficient (Wildman–Crippen LogP) is -7.59. The molecule has 18 N–H and O–H groups in total. The summed E-state index contributed by atoms with van der Waals surface area (Å²) in [4.78, 5) is 0. The van der Waals surface area contributed by atoms with Crippen LogP contribution >= 0.6 is 0 Å². The van der Waals surface area contributed by atoms with E-state index in [-0.39, 0.29) is 19.6 Å². The molecular weight excluding hydrogens is 618 g/mol. The first kappa shape index (κ1) is 38.0. The van der Waals surface area contributed by atoms with Crippen LogP contribution in [0, 0.1) is 11.8 Å². The van der Waals surface area contributed by atoms with Crippen LogP contribution in [-0.2, 0) is 28.4 Å². The number of nitrogens with two attached hydrogens (primary N) is 5. The minimum absolute atomic E-state index is 0.0922. The van der Waals surface area contributed by atoms with Crippen LogP contribution in [-0.4, -0.2) is 178 Å². The third-order valence-corrected chi connectivity index (χ3v) is 9.60. The quantitative estimate of drug-likeness (QED) is 0.0864. The van der Waals surface area contributed by atoms with Crippen LogP contribution in [0.3, 0.4) is 0 Å². The van der Waals surface area contributed by atoms with Gasteiger partial charge in [-0.1, -0.05) is 0 Å². The van der Waals surface area contributed by atoms with Crippen molar-refractivity contribution >= 4 is 0 Å². The monoisotopic (exact) mass is 671 g/mol. The van der Waals surface area contributed by atoms with Crippen molar-refractivity contribution in [1.29, 1.82) is 0 Å². The first-order valence-corrected chi connectivity index (χ1v) is 15.7. The molecule has 270 valence electrons. The number of hydrogen-bond acceptors (Lipinski definition) is 19. The van der Waals surface area contributed by atoms with Crippen molar-refractivity contribution in [2.75, 3.05) is 33.0 Å². The molecule has 0 radical (unpaired) electrons. The van der Waals surface area contributed by atoms with Gasteiger partial charge in [0.05, 0.1) is 62.4 Å². The molecule has 19 heteroatoms.